The predicted octanol–water partition coefficient (Wildman–Crippen LogP) is 1.56. The average molecular weight is 402 g/mol. The van der Waals surface area contributed by atoms with Crippen LogP contribution in [0.1, 0.15) is 0 Å². The van der Waals surface area contributed by atoms with Gasteiger partial charge in [-0.2, -0.15) is 4.72 Å². The second-order valence-electron chi connectivity index (χ2n) is 5.11. The molecule has 0 radical (unpaired) electrons. The number of benzene rings is 2. The van der Waals surface area contributed by atoms with Gasteiger partial charge < -0.3 is 10.1 Å². The second-order valence-corrected chi connectivity index (χ2v) is 6.88. The highest BCUT2D eigenvalue weighted by molar-refractivity contribution is 7.89. The number of carbonyl (C=O) groups is 2. The van der Waals surface area contributed by atoms with Crippen LogP contribution in [0.15, 0.2) is 47.4 Å². The number of hydrogen-bond donors (Lipinski definition) is 2. The number of ether oxygens (including phenoxy) is 1. The molecule has 2 rings (SSSR count). The van der Waals surface area contributed by atoms with Crippen molar-refractivity contribution < 1.29 is 35.9 Å². The minimum absolute atomic E-state index is 0.263. The van der Waals surface area contributed by atoms with Crippen molar-refractivity contribution in [3.63, 3.8) is 0 Å². The van der Waals surface area contributed by atoms with Crippen molar-refractivity contribution in [1.82, 2.24) is 4.72 Å². The van der Waals surface area contributed by atoms with E-state index >= 15 is 0 Å². The van der Waals surface area contributed by atoms with Crippen molar-refractivity contribution in [3.05, 3.63) is 59.9 Å². The van der Waals surface area contributed by atoms with Crippen molar-refractivity contribution in [2.45, 2.75) is 4.90 Å². The Morgan fingerprint density at radius 2 is 1.59 bits per heavy atom. The summed E-state index contributed by atoms with van der Waals surface area (Å²) in [6.45, 7) is -1.59. The van der Waals surface area contributed by atoms with E-state index in [1.54, 1.807) is 0 Å². The van der Waals surface area contributed by atoms with E-state index in [1.807, 2.05) is 4.72 Å². The first-order valence-corrected chi connectivity index (χ1v) is 8.81. The van der Waals surface area contributed by atoms with Gasteiger partial charge in [0.25, 0.3) is 5.91 Å². The fourth-order valence-corrected chi connectivity index (χ4v) is 2.79. The van der Waals surface area contributed by atoms with E-state index in [0.717, 1.165) is 36.4 Å². The highest BCUT2D eigenvalue weighted by Gasteiger charge is 2.17. The molecule has 0 unspecified atom stereocenters. The van der Waals surface area contributed by atoms with Gasteiger partial charge in [0, 0.05) is 6.07 Å². The van der Waals surface area contributed by atoms with E-state index in [-0.39, 0.29) is 10.6 Å². The Labute approximate surface area is 152 Å². The minimum atomic E-state index is -4.07. The van der Waals surface area contributed by atoms with Crippen LogP contribution in [-0.4, -0.2) is 33.4 Å². The number of esters is 1. The largest absolute Gasteiger partial charge is 0.455 e. The molecule has 0 fully saturated rings. The number of halogens is 3. The first-order chi connectivity index (χ1) is 12.7. The van der Waals surface area contributed by atoms with Crippen molar-refractivity contribution in [1.29, 1.82) is 0 Å². The van der Waals surface area contributed by atoms with Crippen molar-refractivity contribution >= 4 is 27.6 Å². The van der Waals surface area contributed by atoms with Crippen LogP contribution in [0, 0.1) is 17.5 Å². The molecule has 27 heavy (non-hydrogen) atoms. The van der Waals surface area contributed by atoms with Crippen LogP contribution >= 0.6 is 0 Å². The topological polar surface area (TPSA) is 102 Å². The number of sulfonamides is 1. The lowest BCUT2D eigenvalue weighted by Crippen LogP contribution is -2.32. The monoisotopic (exact) mass is 402 g/mol. The fourth-order valence-electron chi connectivity index (χ4n) is 1.83. The number of amides is 1. The molecule has 2 N–H and O–H groups in total. The highest BCUT2D eigenvalue weighted by atomic mass is 32.2. The minimum Gasteiger partial charge on any atom is -0.455 e. The lowest BCUT2D eigenvalue weighted by molar-refractivity contribution is -0.146. The maximum Gasteiger partial charge on any atom is 0.321 e. The van der Waals surface area contributed by atoms with Crippen molar-refractivity contribution in [2.75, 3.05) is 18.5 Å². The van der Waals surface area contributed by atoms with Crippen LogP contribution in [0.25, 0.3) is 0 Å². The summed E-state index contributed by atoms with van der Waals surface area (Å²) in [5.41, 5.74) is -0.311. The van der Waals surface area contributed by atoms with Crippen LogP contribution < -0.4 is 10.0 Å². The third-order valence-corrected chi connectivity index (χ3v) is 4.52. The molecular formula is C16H13F3N2O5S. The average Bonchev–Trinajstić information content (AvgIpc) is 2.61. The number of rotatable bonds is 7. The lowest BCUT2D eigenvalue weighted by atomic mass is 10.3. The summed E-state index contributed by atoms with van der Waals surface area (Å²) in [5, 5.41) is 2.06. The van der Waals surface area contributed by atoms with Crippen LogP contribution in [0.4, 0.5) is 18.9 Å². The lowest BCUT2D eigenvalue weighted by Gasteiger charge is -2.09. The Kier molecular flexibility index (Phi) is 6.53. The summed E-state index contributed by atoms with van der Waals surface area (Å²) in [6, 6.07) is 6.36. The smallest absolute Gasteiger partial charge is 0.321 e. The molecule has 0 aliphatic rings. The van der Waals surface area contributed by atoms with Gasteiger partial charge in [-0.05, 0) is 36.4 Å². The van der Waals surface area contributed by atoms with Crippen LogP contribution in [0.3, 0.4) is 0 Å². The van der Waals surface area contributed by atoms with Crippen molar-refractivity contribution in [3.8, 4) is 0 Å². The molecule has 0 saturated carbocycles. The zero-order valence-electron chi connectivity index (χ0n) is 13.5. The summed E-state index contributed by atoms with van der Waals surface area (Å²) in [7, 11) is -4.07. The van der Waals surface area contributed by atoms with Crippen LogP contribution in [0.5, 0.6) is 0 Å². The summed E-state index contributed by atoms with van der Waals surface area (Å²) in [6.07, 6.45) is 0. The molecule has 0 bridgehead atoms. The molecule has 7 nitrogen and oxygen atoms in total. The Morgan fingerprint density at radius 3 is 2.22 bits per heavy atom. The molecule has 1 amide bonds. The van der Waals surface area contributed by atoms with Gasteiger partial charge in [0.2, 0.25) is 10.0 Å². The van der Waals surface area contributed by atoms with Gasteiger partial charge in [-0.25, -0.2) is 21.6 Å². The summed E-state index contributed by atoms with van der Waals surface area (Å²) in [5.74, 6) is -4.45. The normalized spacial score (nSPS) is 11.1. The van der Waals surface area contributed by atoms with Gasteiger partial charge in [0.05, 0.1) is 10.6 Å². The summed E-state index contributed by atoms with van der Waals surface area (Å²) < 4.78 is 69.2. The standard InChI is InChI=1S/C16H13F3N2O5S/c17-10-1-4-12(5-2-10)27(24,25)20-8-16(23)26-9-15(22)21-14-6-3-11(18)7-13(14)19/h1-7,20H,8-9H2,(H,21,22). The molecule has 2 aromatic carbocycles. The Balaban J connectivity index is 1.81. The third-order valence-electron chi connectivity index (χ3n) is 3.10. The summed E-state index contributed by atoms with van der Waals surface area (Å²) >= 11 is 0. The maximum absolute atomic E-state index is 13.4. The molecule has 0 heterocycles. The molecule has 2 aromatic rings. The van der Waals surface area contributed by atoms with Gasteiger partial charge in [-0.1, -0.05) is 0 Å². The van der Waals surface area contributed by atoms with E-state index in [1.165, 1.54) is 0 Å². The molecule has 11 heteroatoms. The Morgan fingerprint density at radius 1 is 0.963 bits per heavy atom. The van der Waals surface area contributed by atoms with Gasteiger partial charge in [0.1, 0.15) is 24.0 Å². The number of carbonyl (C=O) groups excluding carboxylic acids is 2. The number of anilines is 1. The highest BCUT2D eigenvalue weighted by Crippen LogP contribution is 2.14. The molecule has 0 aromatic heterocycles. The Bertz CT molecular complexity index is 949. The zero-order chi connectivity index (χ0) is 20.0. The molecular weight excluding hydrogens is 389 g/mol. The number of nitrogens with one attached hydrogen (secondary N) is 2. The third kappa shape index (κ3) is 6.08. The molecule has 144 valence electrons. The van der Waals surface area contributed by atoms with E-state index in [9.17, 15) is 31.2 Å². The predicted molar refractivity (Wildman–Crippen MR) is 87.5 cm³/mol. The van der Waals surface area contributed by atoms with Gasteiger partial charge >= 0.3 is 5.97 Å². The van der Waals surface area contributed by atoms with E-state index < -0.39 is 52.5 Å². The molecule has 0 aliphatic carbocycles. The Hall–Kier alpha value is -2.92. The van der Waals surface area contributed by atoms with Crippen molar-refractivity contribution in [2.24, 2.45) is 0 Å². The SMILES string of the molecule is O=C(COC(=O)CNS(=O)(=O)c1ccc(F)cc1)Nc1ccc(F)cc1F. The van der Waals surface area contributed by atoms with Gasteiger partial charge in [-0.15, -0.1) is 0 Å². The second kappa shape index (κ2) is 8.64. The zero-order valence-corrected chi connectivity index (χ0v) is 14.4. The first-order valence-electron chi connectivity index (χ1n) is 7.33. The van der Waals surface area contributed by atoms with E-state index in [0.29, 0.717) is 6.07 Å². The molecule has 0 atom stereocenters. The quantitative estimate of drug-likeness (QED) is 0.685. The maximum atomic E-state index is 13.4. The fraction of sp³-hybridized carbons (Fsp3) is 0.125. The molecule has 0 spiro atoms. The van der Waals surface area contributed by atoms with Gasteiger partial charge in [-0.3, -0.25) is 9.59 Å². The van der Waals surface area contributed by atoms with E-state index in [4.69, 9.17) is 0 Å². The molecule has 0 saturated heterocycles. The van der Waals surface area contributed by atoms with E-state index in [2.05, 4.69) is 10.1 Å². The first kappa shape index (κ1) is 20.4. The number of hydrogen-bond acceptors (Lipinski definition) is 5. The van der Waals surface area contributed by atoms with Crippen LogP contribution in [-0.2, 0) is 24.3 Å². The summed E-state index contributed by atoms with van der Waals surface area (Å²) in [4.78, 5) is 22.9. The van der Waals surface area contributed by atoms with Gasteiger partial charge in [0.15, 0.2) is 6.61 Å². The molecule has 0 aliphatic heterocycles. The van der Waals surface area contributed by atoms with Crippen LogP contribution in [0.2, 0.25) is 0 Å².